The maximum atomic E-state index is 13.9. The summed E-state index contributed by atoms with van der Waals surface area (Å²) >= 11 is 0. The highest BCUT2D eigenvalue weighted by atomic mass is 19.1. The predicted molar refractivity (Wildman–Crippen MR) is 126 cm³/mol. The molecule has 6 heteroatoms. The monoisotopic (exact) mass is 432 g/mol. The number of benzene rings is 1. The largest absolute Gasteiger partial charge is 0.382 e. The fourth-order valence-corrected chi connectivity index (χ4v) is 5.48. The van der Waals surface area contributed by atoms with E-state index in [4.69, 9.17) is 20.5 Å². The second-order valence-corrected chi connectivity index (χ2v) is 8.97. The number of fused-ring (bicyclic) bond motifs is 1. The SMILES string of the molecule is C=C1C[C@]2(CC[C@@H](OC)CC2)[C@]2(N=C(C)C(N)=N2)/C1=C/C(=C\C)c1ccc(F)c(C#N)c1. The molecule has 166 valence electrons. The van der Waals surface area contributed by atoms with Crippen molar-refractivity contribution in [2.24, 2.45) is 21.1 Å². The number of allylic oxidation sites excluding steroid dienone is 3. The first-order chi connectivity index (χ1) is 15.3. The van der Waals surface area contributed by atoms with Crippen LogP contribution in [0.4, 0.5) is 4.39 Å². The first-order valence-corrected chi connectivity index (χ1v) is 11.0. The van der Waals surface area contributed by atoms with Gasteiger partial charge in [0.25, 0.3) is 0 Å². The van der Waals surface area contributed by atoms with Crippen molar-refractivity contribution >= 4 is 17.1 Å². The van der Waals surface area contributed by atoms with Crippen LogP contribution in [0.1, 0.15) is 57.1 Å². The van der Waals surface area contributed by atoms with Crippen molar-refractivity contribution in [2.45, 2.75) is 57.7 Å². The summed E-state index contributed by atoms with van der Waals surface area (Å²) in [6, 6.07) is 6.51. The van der Waals surface area contributed by atoms with E-state index in [2.05, 4.69) is 6.58 Å². The van der Waals surface area contributed by atoms with Gasteiger partial charge in [-0.2, -0.15) is 5.26 Å². The minimum Gasteiger partial charge on any atom is -0.382 e. The molecule has 32 heavy (non-hydrogen) atoms. The third-order valence-electron chi connectivity index (χ3n) is 7.28. The molecule has 2 saturated carbocycles. The molecule has 5 nitrogen and oxygen atoms in total. The maximum absolute atomic E-state index is 13.9. The third kappa shape index (κ3) is 3.32. The molecule has 2 N–H and O–H groups in total. The van der Waals surface area contributed by atoms with Gasteiger partial charge < -0.3 is 10.5 Å². The van der Waals surface area contributed by atoms with Crippen LogP contribution in [0.25, 0.3) is 5.57 Å². The van der Waals surface area contributed by atoms with Gasteiger partial charge in [-0.05, 0) is 80.9 Å². The highest BCUT2D eigenvalue weighted by Crippen LogP contribution is 2.63. The molecule has 0 bridgehead atoms. The molecule has 1 aromatic carbocycles. The average Bonchev–Trinajstić information content (AvgIpc) is 3.20. The van der Waals surface area contributed by atoms with Gasteiger partial charge in [-0.25, -0.2) is 9.38 Å². The van der Waals surface area contributed by atoms with Crippen LogP contribution in [0.2, 0.25) is 0 Å². The zero-order chi connectivity index (χ0) is 23.1. The molecule has 1 aliphatic heterocycles. The van der Waals surface area contributed by atoms with E-state index in [9.17, 15) is 9.65 Å². The van der Waals surface area contributed by atoms with Crippen molar-refractivity contribution in [3.8, 4) is 6.07 Å². The Morgan fingerprint density at radius 2 is 2.06 bits per heavy atom. The normalized spacial score (nSPS) is 31.3. The highest BCUT2D eigenvalue weighted by molar-refractivity contribution is 6.41. The number of ether oxygens (including phenoxy) is 1. The van der Waals surface area contributed by atoms with Crippen molar-refractivity contribution in [1.29, 1.82) is 5.26 Å². The van der Waals surface area contributed by atoms with Crippen LogP contribution in [-0.4, -0.2) is 30.4 Å². The fraction of sp³-hybridized carbons (Fsp3) is 0.423. The van der Waals surface area contributed by atoms with Crippen molar-refractivity contribution < 1.29 is 9.13 Å². The van der Waals surface area contributed by atoms with Gasteiger partial charge in [0.2, 0.25) is 0 Å². The Bertz CT molecular complexity index is 1110. The molecular formula is C26H29FN4O. The second-order valence-electron chi connectivity index (χ2n) is 8.97. The molecule has 1 aromatic rings. The molecule has 1 heterocycles. The van der Waals surface area contributed by atoms with Crippen molar-refractivity contribution in [3.63, 3.8) is 0 Å². The molecule has 0 unspecified atom stereocenters. The summed E-state index contributed by atoms with van der Waals surface area (Å²) in [6.07, 6.45) is 8.80. The molecule has 3 aliphatic rings. The average molecular weight is 433 g/mol. The maximum Gasteiger partial charge on any atom is 0.184 e. The number of hydrogen-bond acceptors (Lipinski definition) is 5. The van der Waals surface area contributed by atoms with Crippen molar-refractivity contribution in [3.05, 3.63) is 65.0 Å². The first-order valence-electron chi connectivity index (χ1n) is 11.0. The highest BCUT2D eigenvalue weighted by Gasteiger charge is 2.61. The molecule has 2 spiro atoms. The molecule has 0 amide bonds. The number of nitriles is 1. The number of amidine groups is 1. The van der Waals surface area contributed by atoms with Gasteiger partial charge in [0.1, 0.15) is 17.7 Å². The van der Waals surface area contributed by atoms with Gasteiger partial charge >= 0.3 is 0 Å². The Kier molecular flexibility index (Phi) is 5.64. The summed E-state index contributed by atoms with van der Waals surface area (Å²) < 4.78 is 19.5. The number of halogens is 1. The summed E-state index contributed by atoms with van der Waals surface area (Å²) in [5, 5.41) is 9.26. The lowest BCUT2D eigenvalue weighted by Gasteiger charge is -2.44. The van der Waals surface area contributed by atoms with Crippen molar-refractivity contribution in [1.82, 2.24) is 0 Å². The van der Waals surface area contributed by atoms with Gasteiger partial charge in [-0.15, -0.1) is 0 Å². The van der Waals surface area contributed by atoms with Crippen LogP contribution >= 0.6 is 0 Å². The van der Waals surface area contributed by atoms with E-state index < -0.39 is 11.5 Å². The van der Waals surface area contributed by atoms with E-state index in [1.165, 1.54) is 6.07 Å². The van der Waals surface area contributed by atoms with E-state index in [-0.39, 0.29) is 17.1 Å². The van der Waals surface area contributed by atoms with E-state index in [0.717, 1.165) is 60.1 Å². The Morgan fingerprint density at radius 3 is 2.62 bits per heavy atom. The van der Waals surface area contributed by atoms with E-state index in [1.54, 1.807) is 19.2 Å². The minimum atomic E-state index is -0.802. The summed E-state index contributed by atoms with van der Waals surface area (Å²) in [4.78, 5) is 10.0. The van der Waals surface area contributed by atoms with E-state index >= 15 is 0 Å². The lowest BCUT2D eigenvalue weighted by molar-refractivity contribution is 0.0108. The summed E-state index contributed by atoms with van der Waals surface area (Å²) in [6.45, 7) is 8.23. The Hall–Kier alpha value is -3.04. The first kappa shape index (κ1) is 22.2. The molecule has 1 atom stereocenters. The Balaban J connectivity index is 1.84. The van der Waals surface area contributed by atoms with Gasteiger partial charge in [-0.3, -0.25) is 4.99 Å². The fourth-order valence-electron chi connectivity index (χ4n) is 5.48. The number of nitrogens with zero attached hydrogens (tertiary/aromatic N) is 3. The van der Waals surface area contributed by atoms with Crippen molar-refractivity contribution in [2.75, 3.05) is 7.11 Å². The van der Waals surface area contributed by atoms with Crippen LogP contribution in [0.3, 0.4) is 0 Å². The van der Waals surface area contributed by atoms with Gasteiger partial charge in [-0.1, -0.05) is 18.7 Å². The number of hydrogen-bond donors (Lipinski definition) is 1. The summed E-state index contributed by atoms with van der Waals surface area (Å²) in [5.74, 6) is -0.0576. The number of rotatable bonds is 3. The molecular weight excluding hydrogens is 403 g/mol. The quantitative estimate of drug-likeness (QED) is 0.722. The van der Waals surface area contributed by atoms with Crippen LogP contribution in [0.5, 0.6) is 0 Å². The summed E-state index contributed by atoms with van der Waals surface area (Å²) in [5.41, 5.74) is 9.61. The smallest absolute Gasteiger partial charge is 0.184 e. The van der Waals surface area contributed by atoms with Gasteiger partial charge in [0.15, 0.2) is 5.66 Å². The zero-order valence-electron chi connectivity index (χ0n) is 18.9. The second kappa shape index (κ2) is 8.14. The lowest BCUT2D eigenvalue weighted by atomic mass is 9.66. The molecule has 2 aliphatic carbocycles. The van der Waals surface area contributed by atoms with Crippen LogP contribution in [0, 0.1) is 22.6 Å². The van der Waals surface area contributed by atoms with Crippen LogP contribution < -0.4 is 5.73 Å². The summed E-state index contributed by atoms with van der Waals surface area (Å²) in [7, 11) is 1.77. The molecule has 0 radical (unpaired) electrons. The molecule has 4 rings (SSSR count). The standard InChI is InChI=1S/C26H29FN4O/c1-5-18(19-6-7-23(27)20(12-19)15-28)13-22-16(2)14-25(10-8-21(32-4)9-11-25)26(22)30-17(3)24(29)31-26/h5-7,12-13,21H,2,8-11,14H2,1,3-4H3,(H2,29,31)/b18-5+,22-13+/t21-,25-,26-/m0/s1. The van der Waals surface area contributed by atoms with E-state index in [0.29, 0.717) is 5.84 Å². The lowest BCUT2D eigenvalue weighted by Crippen LogP contribution is -2.45. The topological polar surface area (TPSA) is 83.8 Å². The predicted octanol–water partition coefficient (Wildman–Crippen LogP) is 5.09. The van der Waals surface area contributed by atoms with Gasteiger partial charge in [0.05, 0.1) is 17.4 Å². The van der Waals surface area contributed by atoms with Crippen LogP contribution in [-0.2, 0) is 4.74 Å². The Labute approximate surface area is 188 Å². The molecule has 0 saturated heterocycles. The van der Waals surface area contributed by atoms with Crippen LogP contribution in [0.15, 0.2) is 58.1 Å². The zero-order valence-corrected chi connectivity index (χ0v) is 18.9. The van der Waals surface area contributed by atoms with E-state index in [1.807, 2.05) is 32.1 Å². The van der Waals surface area contributed by atoms with Gasteiger partial charge in [0, 0.05) is 18.1 Å². The number of nitrogens with two attached hydrogens (primary N) is 1. The molecule has 2 fully saturated rings. The molecule has 0 aromatic heterocycles. The third-order valence-corrected chi connectivity index (χ3v) is 7.28. The minimum absolute atomic E-state index is 0.0200. The Morgan fingerprint density at radius 1 is 1.34 bits per heavy atom. The number of aliphatic imine (C=N–C) groups is 2. The number of methoxy groups -OCH3 is 1.